The molecular formula is C16H13NO5. The first-order valence-electron chi connectivity index (χ1n) is 6.53. The van der Waals surface area contributed by atoms with Gasteiger partial charge in [-0.15, -0.1) is 0 Å². The maximum absolute atomic E-state index is 12.1. The Balaban J connectivity index is 2.10. The number of nitrogens with zero attached hydrogens (tertiary/aromatic N) is 1. The van der Waals surface area contributed by atoms with Gasteiger partial charge in [0.1, 0.15) is 0 Å². The van der Waals surface area contributed by atoms with E-state index in [4.69, 9.17) is 4.74 Å². The number of hydrogen-bond acceptors (Lipinski definition) is 5. The number of non-ortho nitro benzene ring substituents is 1. The van der Waals surface area contributed by atoms with Gasteiger partial charge in [-0.25, -0.2) is 4.79 Å². The average Bonchev–Trinajstić information content (AvgIpc) is 2.54. The van der Waals surface area contributed by atoms with E-state index in [-0.39, 0.29) is 17.0 Å². The minimum atomic E-state index is -0.978. The van der Waals surface area contributed by atoms with Gasteiger partial charge < -0.3 is 4.74 Å². The Morgan fingerprint density at radius 1 is 1.05 bits per heavy atom. The molecule has 2 aromatic rings. The first-order valence-corrected chi connectivity index (χ1v) is 6.53. The quantitative estimate of drug-likeness (QED) is 0.366. The molecule has 0 aliphatic rings. The van der Waals surface area contributed by atoms with Crippen LogP contribution in [0.25, 0.3) is 0 Å². The first-order chi connectivity index (χ1) is 10.5. The van der Waals surface area contributed by atoms with E-state index in [2.05, 4.69) is 0 Å². The van der Waals surface area contributed by atoms with E-state index in [1.165, 1.54) is 25.1 Å². The van der Waals surface area contributed by atoms with Gasteiger partial charge in [-0.05, 0) is 13.0 Å². The summed E-state index contributed by atoms with van der Waals surface area (Å²) in [5.41, 5.74) is 0.250. The molecule has 2 rings (SSSR count). The van der Waals surface area contributed by atoms with Crippen LogP contribution in [0.15, 0.2) is 54.6 Å². The van der Waals surface area contributed by atoms with Crippen LogP contribution in [-0.4, -0.2) is 22.8 Å². The van der Waals surface area contributed by atoms with Crippen molar-refractivity contribution in [2.24, 2.45) is 0 Å². The van der Waals surface area contributed by atoms with Crippen molar-refractivity contribution in [1.29, 1.82) is 0 Å². The summed E-state index contributed by atoms with van der Waals surface area (Å²) in [6, 6.07) is 13.6. The summed E-state index contributed by atoms with van der Waals surface area (Å²) in [5.74, 6) is -1.11. The maximum atomic E-state index is 12.1. The third kappa shape index (κ3) is 3.54. The van der Waals surface area contributed by atoms with Gasteiger partial charge in [0.25, 0.3) is 5.69 Å². The molecule has 0 aliphatic heterocycles. The number of rotatable bonds is 5. The van der Waals surface area contributed by atoms with Crippen molar-refractivity contribution in [2.75, 3.05) is 0 Å². The molecule has 6 heteroatoms. The summed E-state index contributed by atoms with van der Waals surface area (Å²) >= 11 is 0. The number of ether oxygens (including phenoxy) is 1. The Morgan fingerprint density at radius 3 is 2.32 bits per heavy atom. The van der Waals surface area contributed by atoms with Crippen LogP contribution in [0.3, 0.4) is 0 Å². The molecule has 1 atom stereocenters. The highest BCUT2D eigenvalue weighted by Gasteiger charge is 2.21. The number of Topliss-reactive ketones (excluding diaryl/α,β-unsaturated/α-hetero) is 1. The monoisotopic (exact) mass is 299 g/mol. The molecule has 6 nitrogen and oxygen atoms in total. The molecule has 0 spiro atoms. The number of benzene rings is 2. The van der Waals surface area contributed by atoms with E-state index in [1.807, 2.05) is 0 Å². The second-order valence-corrected chi connectivity index (χ2v) is 4.59. The van der Waals surface area contributed by atoms with E-state index in [1.54, 1.807) is 30.3 Å². The fourth-order valence-corrected chi connectivity index (χ4v) is 1.87. The van der Waals surface area contributed by atoms with E-state index in [0.717, 1.165) is 6.07 Å². The number of nitro benzene ring substituents is 1. The number of carbonyl (C=O) groups is 2. The summed E-state index contributed by atoms with van der Waals surface area (Å²) in [6.45, 7) is 1.46. The van der Waals surface area contributed by atoms with Crippen LogP contribution in [0.5, 0.6) is 0 Å². The lowest BCUT2D eigenvalue weighted by Crippen LogP contribution is -2.24. The lowest BCUT2D eigenvalue weighted by molar-refractivity contribution is -0.384. The Hall–Kier alpha value is -3.02. The van der Waals surface area contributed by atoms with Gasteiger partial charge in [0.15, 0.2) is 6.10 Å². The largest absolute Gasteiger partial charge is 0.451 e. The SMILES string of the molecule is C[C@@H](OC(=O)c1cccc([N+](=O)[O-])c1)C(=O)c1ccccc1. The molecule has 0 aliphatic carbocycles. The number of carbonyl (C=O) groups excluding carboxylic acids is 2. The van der Waals surface area contributed by atoms with Crippen LogP contribution in [-0.2, 0) is 4.74 Å². The van der Waals surface area contributed by atoms with E-state index < -0.39 is 17.0 Å². The van der Waals surface area contributed by atoms with Crippen molar-refractivity contribution < 1.29 is 19.2 Å². The zero-order valence-corrected chi connectivity index (χ0v) is 11.8. The minimum Gasteiger partial charge on any atom is -0.451 e. The summed E-state index contributed by atoms with van der Waals surface area (Å²) < 4.78 is 5.08. The fraction of sp³-hybridized carbons (Fsp3) is 0.125. The van der Waals surface area contributed by atoms with Crippen molar-refractivity contribution in [1.82, 2.24) is 0 Å². The number of ketones is 1. The van der Waals surface area contributed by atoms with Gasteiger partial charge in [-0.1, -0.05) is 36.4 Å². The van der Waals surface area contributed by atoms with Crippen LogP contribution < -0.4 is 0 Å². The summed E-state index contributed by atoms with van der Waals surface area (Å²) in [4.78, 5) is 34.2. The fourth-order valence-electron chi connectivity index (χ4n) is 1.87. The Bertz CT molecular complexity index is 711. The lowest BCUT2D eigenvalue weighted by Gasteiger charge is -2.12. The zero-order chi connectivity index (χ0) is 16.1. The minimum absolute atomic E-state index is 0.0295. The van der Waals surface area contributed by atoms with Gasteiger partial charge in [-0.2, -0.15) is 0 Å². The molecule has 22 heavy (non-hydrogen) atoms. The highest BCUT2D eigenvalue weighted by Crippen LogP contribution is 2.15. The molecule has 2 aromatic carbocycles. The van der Waals surface area contributed by atoms with Gasteiger partial charge in [-0.3, -0.25) is 14.9 Å². The van der Waals surface area contributed by atoms with Crippen molar-refractivity contribution in [2.45, 2.75) is 13.0 Å². The van der Waals surface area contributed by atoms with Gasteiger partial charge in [0.05, 0.1) is 10.5 Å². The lowest BCUT2D eigenvalue weighted by atomic mass is 10.1. The predicted molar refractivity (Wildman–Crippen MR) is 78.7 cm³/mol. The Morgan fingerprint density at radius 2 is 1.68 bits per heavy atom. The summed E-state index contributed by atoms with van der Waals surface area (Å²) in [6.07, 6.45) is -0.978. The van der Waals surface area contributed by atoms with E-state index in [0.29, 0.717) is 5.56 Å². The molecule has 0 bridgehead atoms. The molecule has 0 amide bonds. The predicted octanol–water partition coefficient (Wildman–Crippen LogP) is 3.02. The molecule has 0 aromatic heterocycles. The molecule has 0 saturated heterocycles. The molecule has 0 unspecified atom stereocenters. The number of nitro groups is 1. The Kier molecular flexibility index (Phi) is 4.63. The molecule has 0 saturated carbocycles. The highest BCUT2D eigenvalue weighted by atomic mass is 16.6. The van der Waals surface area contributed by atoms with E-state index in [9.17, 15) is 19.7 Å². The van der Waals surface area contributed by atoms with Gasteiger partial charge >= 0.3 is 5.97 Å². The van der Waals surface area contributed by atoms with Crippen molar-refractivity contribution >= 4 is 17.4 Å². The Labute approximate surface area is 126 Å². The van der Waals surface area contributed by atoms with Gasteiger partial charge in [0.2, 0.25) is 5.78 Å². The van der Waals surface area contributed by atoms with Gasteiger partial charge in [0, 0.05) is 17.7 Å². The molecule has 0 radical (unpaired) electrons. The van der Waals surface area contributed by atoms with Crippen LogP contribution in [0.1, 0.15) is 27.6 Å². The molecule has 0 fully saturated rings. The van der Waals surface area contributed by atoms with Crippen LogP contribution >= 0.6 is 0 Å². The second kappa shape index (κ2) is 6.62. The van der Waals surface area contributed by atoms with Crippen LogP contribution in [0.4, 0.5) is 5.69 Å². The van der Waals surface area contributed by atoms with Crippen molar-refractivity contribution in [3.8, 4) is 0 Å². The van der Waals surface area contributed by atoms with Crippen LogP contribution in [0, 0.1) is 10.1 Å². The van der Waals surface area contributed by atoms with Crippen molar-refractivity contribution in [3.63, 3.8) is 0 Å². The standard InChI is InChI=1S/C16H13NO5/c1-11(15(18)12-6-3-2-4-7-12)22-16(19)13-8-5-9-14(10-13)17(20)21/h2-11H,1H3/t11-/m1/s1. The smallest absolute Gasteiger partial charge is 0.339 e. The van der Waals surface area contributed by atoms with Crippen LogP contribution in [0.2, 0.25) is 0 Å². The summed E-state index contributed by atoms with van der Waals surface area (Å²) in [7, 11) is 0. The topological polar surface area (TPSA) is 86.5 Å². The molecule has 0 heterocycles. The zero-order valence-electron chi connectivity index (χ0n) is 11.8. The van der Waals surface area contributed by atoms with Crippen molar-refractivity contribution in [3.05, 3.63) is 75.8 Å². The third-order valence-corrected chi connectivity index (χ3v) is 3.00. The summed E-state index contributed by atoms with van der Waals surface area (Å²) in [5, 5.41) is 10.7. The third-order valence-electron chi connectivity index (χ3n) is 3.00. The molecule has 112 valence electrons. The molecular weight excluding hydrogens is 286 g/mol. The number of esters is 1. The maximum Gasteiger partial charge on any atom is 0.339 e. The highest BCUT2D eigenvalue weighted by molar-refractivity contribution is 6.01. The first kappa shape index (κ1) is 15.4. The molecule has 0 N–H and O–H groups in total. The average molecular weight is 299 g/mol. The normalized spacial score (nSPS) is 11.5. The second-order valence-electron chi connectivity index (χ2n) is 4.59. The van der Waals surface area contributed by atoms with E-state index >= 15 is 0 Å². The number of hydrogen-bond donors (Lipinski definition) is 0.